The number of rotatable bonds is 11. The summed E-state index contributed by atoms with van der Waals surface area (Å²) in [6.07, 6.45) is 1.32. The quantitative estimate of drug-likeness (QED) is 0.268. The van der Waals surface area contributed by atoms with Gasteiger partial charge >= 0.3 is 0 Å². The highest BCUT2D eigenvalue weighted by molar-refractivity contribution is 6.38. The van der Waals surface area contributed by atoms with E-state index in [0.29, 0.717) is 0 Å². The molecule has 39 heavy (non-hydrogen) atoms. The Balaban J connectivity index is 2.04. The molecule has 2 rings (SSSR count). The van der Waals surface area contributed by atoms with Crippen molar-refractivity contribution in [2.75, 3.05) is 0 Å². The molecule has 0 fully saturated rings. The lowest BCUT2D eigenvalue weighted by atomic mass is 9.85. The first-order valence-corrected chi connectivity index (χ1v) is 12.7. The van der Waals surface area contributed by atoms with Crippen molar-refractivity contribution >= 4 is 29.4 Å². The summed E-state index contributed by atoms with van der Waals surface area (Å²) < 4.78 is 0. The van der Waals surface area contributed by atoms with Gasteiger partial charge in [-0.3, -0.25) is 28.8 Å². The Labute approximate surface area is 227 Å². The highest BCUT2D eigenvalue weighted by Crippen LogP contribution is 2.20. The summed E-state index contributed by atoms with van der Waals surface area (Å²) in [4.78, 5) is 78.0. The van der Waals surface area contributed by atoms with Crippen LogP contribution in [0, 0.1) is 11.3 Å². The molecule has 3 unspecified atom stereocenters. The zero-order valence-corrected chi connectivity index (χ0v) is 23.1. The van der Waals surface area contributed by atoms with Crippen LogP contribution in [0.5, 0.6) is 0 Å². The van der Waals surface area contributed by atoms with Gasteiger partial charge in [0.1, 0.15) is 12.1 Å². The number of carbonyl (C=O) groups excluding carboxylic acids is 5. The molecule has 11 nitrogen and oxygen atoms in total. The van der Waals surface area contributed by atoms with Crippen molar-refractivity contribution in [1.82, 2.24) is 26.3 Å². The molecule has 1 aromatic carbocycles. The van der Waals surface area contributed by atoms with Crippen LogP contribution in [0.25, 0.3) is 0 Å². The fraction of sp³-hybridized carbons (Fsp3) is 0.429. The van der Waals surface area contributed by atoms with Crippen LogP contribution in [0.4, 0.5) is 0 Å². The van der Waals surface area contributed by atoms with Crippen LogP contribution >= 0.6 is 0 Å². The second kappa shape index (κ2) is 13.5. The number of aromatic amines is 1. The molecule has 0 aliphatic heterocycles. The van der Waals surface area contributed by atoms with Gasteiger partial charge in [0.25, 0.3) is 11.8 Å². The predicted molar refractivity (Wildman–Crippen MR) is 145 cm³/mol. The number of benzene rings is 1. The van der Waals surface area contributed by atoms with Crippen LogP contribution < -0.4 is 26.8 Å². The molecule has 0 aliphatic carbocycles. The molecule has 4 amide bonds. The third-order valence-electron chi connectivity index (χ3n) is 5.96. The molecule has 0 bridgehead atoms. The first-order chi connectivity index (χ1) is 18.2. The predicted octanol–water partition coefficient (Wildman–Crippen LogP) is 1.05. The van der Waals surface area contributed by atoms with Crippen molar-refractivity contribution in [2.24, 2.45) is 11.3 Å². The number of aromatic nitrogens is 1. The van der Waals surface area contributed by atoms with Crippen molar-refractivity contribution in [3.63, 3.8) is 0 Å². The van der Waals surface area contributed by atoms with Crippen molar-refractivity contribution < 1.29 is 24.0 Å². The second-order valence-corrected chi connectivity index (χ2v) is 10.7. The normalized spacial score (nSPS) is 13.5. The number of nitrogens with one attached hydrogen (secondary N) is 5. The van der Waals surface area contributed by atoms with Crippen molar-refractivity contribution in [3.8, 4) is 0 Å². The van der Waals surface area contributed by atoms with Gasteiger partial charge in [-0.25, -0.2) is 0 Å². The average molecular weight is 540 g/mol. The van der Waals surface area contributed by atoms with Gasteiger partial charge in [-0.2, -0.15) is 0 Å². The maximum Gasteiger partial charge on any atom is 0.289 e. The number of pyridine rings is 1. The molecule has 210 valence electrons. The van der Waals surface area contributed by atoms with E-state index >= 15 is 0 Å². The van der Waals surface area contributed by atoms with Crippen LogP contribution in [0.3, 0.4) is 0 Å². The molecule has 0 spiro atoms. The van der Waals surface area contributed by atoms with Gasteiger partial charge in [-0.15, -0.1) is 0 Å². The van der Waals surface area contributed by atoms with E-state index in [9.17, 15) is 28.8 Å². The first kappa shape index (κ1) is 30.9. The molecule has 1 heterocycles. The summed E-state index contributed by atoms with van der Waals surface area (Å²) in [6.45, 7) is 10.2. The smallest absolute Gasteiger partial charge is 0.289 e. The molecular weight excluding hydrogens is 502 g/mol. The Hall–Kier alpha value is -4.28. The zero-order valence-electron chi connectivity index (χ0n) is 23.1. The maximum absolute atomic E-state index is 13.1. The van der Waals surface area contributed by atoms with Crippen LogP contribution in [-0.2, 0) is 25.7 Å². The topological polar surface area (TPSA) is 166 Å². The Morgan fingerprint density at radius 3 is 2.08 bits per heavy atom. The summed E-state index contributed by atoms with van der Waals surface area (Å²) in [5.74, 6) is -3.95. The Kier molecular flexibility index (Phi) is 10.7. The standard InChI is InChI=1S/C28H37N5O6/c1-16(2)21(22(35)26(38)30-15-18-10-8-7-9-11-18)32-24(36)17(3)31-27(39)23(28(4,5)6)33-25(37)19-12-13-29-20(34)14-19/h7-14,16-17,21,23H,15H2,1-6H3,(H,29,34)(H,30,38)(H,31,39)(H,32,36)(H,33,37). The highest BCUT2D eigenvalue weighted by Gasteiger charge is 2.36. The number of hydrogen-bond acceptors (Lipinski definition) is 6. The van der Waals surface area contributed by atoms with E-state index in [-0.39, 0.29) is 12.1 Å². The average Bonchev–Trinajstić information content (AvgIpc) is 2.87. The van der Waals surface area contributed by atoms with Gasteiger partial charge in [-0.05, 0) is 29.9 Å². The van der Waals surface area contributed by atoms with Crippen LogP contribution in [0.1, 0.15) is 57.5 Å². The lowest BCUT2D eigenvalue weighted by molar-refractivity contribution is -0.141. The minimum atomic E-state index is -1.11. The lowest BCUT2D eigenvalue weighted by Gasteiger charge is -2.31. The number of H-pyrrole nitrogens is 1. The van der Waals surface area contributed by atoms with Crippen LogP contribution in [0.2, 0.25) is 0 Å². The minimum absolute atomic E-state index is 0.0791. The maximum atomic E-state index is 13.1. The van der Waals surface area contributed by atoms with E-state index in [1.54, 1.807) is 34.6 Å². The number of Topliss-reactive ketones (excluding diaryl/α,β-unsaturated/α-hetero) is 1. The third-order valence-corrected chi connectivity index (χ3v) is 5.96. The number of amides is 4. The molecule has 5 N–H and O–H groups in total. The van der Waals surface area contributed by atoms with Crippen molar-refractivity contribution in [1.29, 1.82) is 0 Å². The fourth-order valence-electron chi connectivity index (χ4n) is 3.66. The molecule has 3 atom stereocenters. The number of hydrogen-bond donors (Lipinski definition) is 5. The molecule has 2 aromatic rings. The molecule has 1 aromatic heterocycles. The molecule has 0 radical (unpaired) electrons. The van der Waals surface area contributed by atoms with Gasteiger partial charge in [-0.1, -0.05) is 65.0 Å². The first-order valence-electron chi connectivity index (χ1n) is 12.7. The van der Waals surface area contributed by atoms with Crippen molar-refractivity contribution in [3.05, 3.63) is 70.1 Å². The molecular formula is C28H37N5O6. The van der Waals surface area contributed by atoms with Crippen LogP contribution in [-0.4, -0.2) is 52.5 Å². The Bertz CT molecular complexity index is 1250. The minimum Gasteiger partial charge on any atom is -0.345 e. The number of ketones is 1. The van der Waals surface area contributed by atoms with E-state index in [4.69, 9.17) is 0 Å². The molecule has 0 aliphatic rings. The SMILES string of the molecule is CC(NC(=O)C(NC(=O)c1cc[nH]c(=O)c1)C(C)(C)C)C(=O)NC(C(=O)C(=O)NCc1ccccc1)C(C)C. The summed E-state index contributed by atoms with van der Waals surface area (Å²) in [6, 6.07) is 8.36. The summed E-state index contributed by atoms with van der Waals surface area (Å²) in [7, 11) is 0. The van der Waals surface area contributed by atoms with Gasteiger partial charge in [0, 0.05) is 24.4 Å². The fourth-order valence-corrected chi connectivity index (χ4v) is 3.66. The van der Waals surface area contributed by atoms with E-state index in [2.05, 4.69) is 26.3 Å². The van der Waals surface area contributed by atoms with E-state index in [1.807, 2.05) is 30.3 Å². The number of carbonyl (C=O) groups is 5. The van der Waals surface area contributed by atoms with E-state index < -0.39 is 64.4 Å². The van der Waals surface area contributed by atoms with Crippen molar-refractivity contribution in [2.45, 2.75) is 66.2 Å². The highest BCUT2D eigenvalue weighted by atomic mass is 16.2. The third kappa shape index (κ3) is 9.20. The second-order valence-electron chi connectivity index (χ2n) is 10.7. The Morgan fingerprint density at radius 1 is 0.872 bits per heavy atom. The Morgan fingerprint density at radius 2 is 1.51 bits per heavy atom. The monoisotopic (exact) mass is 539 g/mol. The molecule has 11 heteroatoms. The van der Waals surface area contributed by atoms with E-state index in [0.717, 1.165) is 11.6 Å². The summed E-state index contributed by atoms with van der Waals surface area (Å²) >= 11 is 0. The zero-order chi connectivity index (χ0) is 29.3. The van der Waals surface area contributed by atoms with Gasteiger partial charge in [0.15, 0.2) is 0 Å². The van der Waals surface area contributed by atoms with Crippen LogP contribution in [0.15, 0.2) is 53.5 Å². The summed E-state index contributed by atoms with van der Waals surface area (Å²) in [5, 5.41) is 10.3. The van der Waals surface area contributed by atoms with Gasteiger partial charge < -0.3 is 26.3 Å². The largest absolute Gasteiger partial charge is 0.345 e. The molecule has 0 saturated carbocycles. The van der Waals surface area contributed by atoms with Gasteiger partial charge in [0.2, 0.25) is 23.2 Å². The molecule has 0 saturated heterocycles. The lowest BCUT2D eigenvalue weighted by Crippen LogP contribution is -2.59. The summed E-state index contributed by atoms with van der Waals surface area (Å²) in [5.41, 5.74) is -0.312. The van der Waals surface area contributed by atoms with E-state index in [1.165, 1.54) is 19.2 Å². The van der Waals surface area contributed by atoms with Gasteiger partial charge in [0.05, 0.1) is 6.04 Å².